The molecule has 10 rings (SSSR count). The lowest BCUT2D eigenvalue weighted by Crippen LogP contribution is -1.97. The largest absolute Gasteiger partial charge is 0.309 e. The average Bonchev–Trinajstić information content (AvgIpc) is 3.75. The fraction of sp³-hybridized carbons (Fsp3) is 0. The van der Waals surface area contributed by atoms with Crippen molar-refractivity contribution in [2.45, 2.75) is 0 Å². The summed E-state index contributed by atoms with van der Waals surface area (Å²) in [6, 6.07) is 58.5. The zero-order valence-electron chi connectivity index (χ0n) is 25.8. The van der Waals surface area contributed by atoms with Crippen molar-refractivity contribution in [3.63, 3.8) is 0 Å². The maximum Gasteiger partial charge on any atom is 0.124 e. The number of benzene rings is 7. The molecule has 224 valence electrons. The van der Waals surface area contributed by atoms with E-state index < -0.39 is 0 Å². The molecule has 4 heteroatoms. The Bertz CT molecular complexity index is 2790. The minimum Gasteiger partial charge on any atom is -0.309 e. The lowest BCUT2D eigenvalue weighted by Gasteiger charge is -2.15. The molecule has 0 N–H and O–H groups in total. The molecule has 10 aromatic rings. The van der Waals surface area contributed by atoms with Gasteiger partial charge in [0.1, 0.15) is 5.01 Å². The Labute approximate surface area is 281 Å². The first-order valence-corrected chi connectivity index (χ1v) is 17.0. The number of hydrogen-bond acceptors (Lipinski definition) is 3. The molecule has 7 aromatic carbocycles. The molecule has 0 bridgehead atoms. The number of pyridine rings is 1. The molecule has 3 aromatic heterocycles. The van der Waals surface area contributed by atoms with Crippen LogP contribution in [0.15, 0.2) is 164 Å². The van der Waals surface area contributed by atoms with Crippen LogP contribution in [-0.4, -0.2) is 14.5 Å². The number of rotatable bonds is 4. The molecule has 0 atom stereocenters. The summed E-state index contributed by atoms with van der Waals surface area (Å²) in [5.41, 5.74) is 11.2. The van der Waals surface area contributed by atoms with Crippen molar-refractivity contribution in [1.82, 2.24) is 14.5 Å². The van der Waals surface area contributed by atoms with Gasteiger partial charge in [-0.2, -0.15) is 0 Å². The summed E-state index contributed by atoms with van der Waals surface area (Å²) in [5, 5.41) is 7.05. The molecule has 48 heavy (non-hydrogen) atoms. The molecule has 0 aliphatic carbocycles. The van der Waals surface area contributed by atoms with E-state index in [0.717, 1.165) is 49.3 Å². The van der Waals surface area contributed by atoms with Gasteiger partial charge >= 0.3 is 0 Å². The highest BCUT2D eigenvalue weighted by atomic mass is 32.1. The Morgan fingerprint density at radius 1 is 0.438 bits per heavy atom. The lowest BCUT2D eigenvalue weighted by molar-refractivity contribution is 1.19. The van der Waals surface area contributed by atoms with Crippen LogP contribution in [0.5, 0.6) is 0 Å². The number of fused-ring (bicyclic) bond motifs is 8. The van der Waals surface area contributed by atoms with Gasteiger partial charge in [-0.1, -0.05) is 127 Å². The summed E-state index contributed by atoms with van der Waals surface area (Å²) in [6.45, 7) is 0. The molecular weight excluding hydrogens is 603 g/mol. The summed E-state index contributed by atoms with van der Waals surface area (Å²) in [7, 11) is 0. The van der Waals surface area contributed by atoms with Crippen LogP contribution in [0, 0.1) is 0 Å². The standard InChI is InChI=1S/C44H27N3S/c1-2-11-29(12-3-1)42-36-26-25-34-33-15-5-8-19-39(33)47(43(34)41(36)35-16-4-6-17-37(35)45-42)32-14-10-13-31(27-32)28-21-23-30(24-22-28)44-46-38-18-7-9-20-40(38)48-44/h1-27H. The van der Waals surface area contributed by atoms with Crippen LogP contribution in [-0.2, 0) is 0 Å². The summed E-state index contributed by atoms with van der Waals surface area (Å²) in [6.07, 6.45) is 0. The van der Waals surface area contributed by atoms with E-state index in [4.69, 9.17) is 9.97 Å². The van der Waals surface area contributed by atoms with Crippen LogP contribution < -0.4 is 0 Å². The van der Waals surface area contributed by atoms with Gasteiger partial charge in [-0.25, -0.2) is 9.97 Å². The van der Waals surface area contributed by atoms with Crippen LogP contribution >= 0.6 is 11.3 Å². The van der Waals surface area contributed by atoms with Gasteiger partial charge in [0, 0.05) is 43.7 Å². The predicted molar refractivity (Wildman–Crippen MR) is 203 cm³/mol. The van der Waals surface area contributed by atoms with E-state index in [1.54, 1.807) is 11.3 Å². The smallest absolute Gasteiger partial charge is 0.124 e. The zero-order valence-corrected chi connectivity index (χ0v) is 26.7. The first kappa shape index (κ1) is 27.1. The number of thiazole rings is 1. The third-order valence-electron chi connectivity index (χ3n) is 9.41. The van der Waals surface area contributed by atoms with E-state index in [1.165, 1.54) is 43.0 Å². The quantitative estimate of drug-likeness (QED) is 0.181. The minimum absolute atomic E-state index is 0.995. The Kier molecular flexibility index (Phi) is 6.05. The monoisotopic (exact) mass is 629 g/mol. The normalized spacial score (nSPS) is 11.8. The second-order valence-corrected chi connectivity index (χ2v) is 13.2. The summed E-state index contributed by atoms with van der Waals surface area (Å²) in [5.74, 6) is 0. The molecule has 0 fully saturated rings. The van der Waals surface area contributed by atoms with Crippen LogP contribution in [0.2, 0.25) is 0 Å². The van der Waals surface area contributed by atoms with Crippen LogP contribution in [0.3, 0.4) is 0 Å². The average molecular weight is 630 g/mol. The van der Waals surface area contributed by atoms with Gasteiger partial charge in [0.05, 0.1) is 32.5 Å². The first-order chi connectivity index (χ1) is 23.8. The maximum absolute atomic E-state index is 5.22. The molecule has 0 radical (unpaired) electrons. The van der Waals surface area contributed by atoms with Crippen molar-refractivity contribution in [2.24, 2.45) is 0 Å². The van der Waals surface area contributed by atoms with Crippen molar-refractivity contribution in [1.29, 1.82) is 0 Å². The van der Waals surface area contributed by atoms with E-state index in [2.05, 4.69) is 162 Å². The molecule has 0 saturated heterocycles. The second-order valence-electron chi connectivity index (χ2n) is 12.2. The highest BCUT2D eigenvalue weighted by molar-refractivity contribution is 7.21. The molecule has 0 unspecified atom stereocenters. The van der Waals surface area contributed by atoms with Crippen LogP contribution in [0.25, 0.3) is 92.3 Å². The Morgan fingerprint density at radius 3 is 1.98 bits per heavy atom. The van der Waals surface area contributed by atoms with Crippen molar-refractivity contribution < 1.29 is 0 Å². The molecule has 3 heterocycles. The van der Waals surface area contributed by atoms with Gasteiger partial charge in [0.15, 0.2) is 0 Å². The minimum atomic E-state index is 0.995. The van der Waals surface area contributed by atoms with Gasteiger partial charge in [0.2, 0.25) is 0 Å². The Hall–Kier alpha value is -6.10. The van der Waals surface area contributed by atoms with Gasteiger partial charge in [-0.3, -0.25) is 0 Å². The number of nitrogens with zero attached hydrogens (tertiary/aromatic N) is 3. The summed E-state index contributed by atoms with van der Waals surface area (Å²) in [4.78, 5) is 10.1. The molecule has 0 amide bonds. The lowest BCUT2D eigenvalue weighted by atomic mass is 9.97. The molecular formula is C44H27N3S. The Morgan fingerprint density at radius 2 is 1.12 bits per heavy atom. The summed E-state index contributed by atoms with van der Waals surface area (Å²) < 4.78 is 3.66. The zero-order chi connectivity index (χ0) is 31.6. The highest BCUT2D eigenvalue weighted by Gasteiger charge is 2.20. The molecule has 3 nitrogen and oxygen atoms in total. The fourth-order valence-corrected chi connectivity index (χ4v) is 8.17. The van der Waals surface area contributed by atoms with Crippen LogP contribution in [0.4, 0.5) is 0 Å². The topological polar surface area (TPSA) is 30.7 Å². The van der Waals surface area contributed by atoms with E-state index in [9.17, 15) is 0 Å². The number of hydrogen-bond donors (Lipinski definition) is 0. The van der Waals surface area contributed by atoms with Gasteiger partial charge in [0.25, 0.3) is 0 Å². The molecule has 0 spiro atoms. The SMILES string of the molecule is c1ccc(-c2nc3ccccc3c3c2ccc2c4ccccc4n(-c4cccc(-c5ccc(-c6nc7ccccc7s6)cc5)c4)c23)cc1. The molecule has 0 saturated carbocycles. The summed E-state index contributed by atoms with van der Waals surface area (Å²) >= 11 is 1.74. The maximum atomic E-state index is 5.22. The van der Waals surface area contributed by atoms with Gasteiger partial charge in [-0.15, -0.1) is 11.3 Å². The van der Waals surface area contributed by atoms with Crippen LogP contribution in [0.1, 0.15) is 0 Å². The highest BCUT2D eigenvalue weighted by Crippen LogP contribution is 2.42. The van der Waals surface area contributed by atoms with E-state index in [1.807, 2.05) is 6.07 Å². The Balaban J connectivity index is 1.20. The first-order valence-electron chi connectivity index (χ1n) is 16.2. The third kappa shape index (κ3) is 4.20. The number of aromatic nitrogens is 3. The van der Waals surface area contributed by atoms with Gasteiger partial charge in [-0.05, 0) is 47.5 Å². The van der Waals surface area contributed by atoms with Crippen molar-refractivity contribution in [2.75, 3.05) is 0 Å². The van der Waals surface area contributed by atoms with Gasteiger partial charge < -0.3 is 4.57 Å². The van der Waals surface area contributed by atoms with Crippen molar-refractivity contribution in [3.8, 4) is 38.6 Å². The fourth-order valence-electron chi connectivity index (χ4n) is 7.20. The number of para-hydroxylation sites is 3. The molecule has 0 aliphatic heterocycles. The van der Waals surface area contributed by atoms with Crippen molar-refractivity contribution in [3.05, 3.63) is 164 Å². The van der Waals surface area contributed by atoms with E-state index >= 15 is 0 Å². The van der Waals surface area contributed by atoms with E-state index in [-0.39, 0.29) is 0 Å². The molecule has 0 aliphatic rings. The predicted octanol–water partition coefficient (Wildman–Crippen LogP) is 12.1. The third-order valence-corrected chi connectivity index (χ3v) is 10.5. The van der Waals surface area contributed by atoms with Crippen molar-refractivity contribution >= 4 is 65.0 Å². The second kappa shape index (κ2) is 10.7. The van der Waals surface area contributed by atoms with E-state index in [0.29, 0.717) is 0 Å².